The Hall–Kier alpha value is -3.84. The number of carbonyl (C=O) groups is 2. The third-order valence-electron chi connectivity index (χ3n) is 5.21. The fourth-order valence-electron chi connectivity index (χ4n) is 3.47. The second kappa shape index (κ2) is 9.34. The number of methoxy groups -OCH3 is 1. The third kappa shape index (κ3) is 4.27. The van der Waals surface area contributed by atoms with Crippen LogP contribution in [0.25, 0.3) is 10.9 Å². The number of benzene rings is 2. The van der Waals surface area contributed by atoms with Crippen molar-refractivity contribution in [3.05, 3.63) is 76.7 Å². The quantitative estimate of drug-likeness (QED) is 0.330. The van der Waals surface area contributed by atoms with Gasteiger partial charge in [0, 0.05) is 35.8 Å². The van der Waals surface area contributed by atoms with Gasteiger partial charge in [0.05, 0.1) is 34.6 Å². The van der Waals surface area contributed by atoms with E-state index in [2.05, 4.69) is 22.2 Å². The number of hydrogen-bond acceptors (Lipinski definition) is 7. The molecule has 0 aliphatic heterocycles. The van der Waals surface area contributed by atoms with Crippen LogP contribution >= 0.6 is 11.6 Å². The number of aldehydes is 1. The first-order chi connectivity index (χ1) is 16.0. The van der Waals surface area contributed by atoms with Crippen LogP contribution in [-0.2, 0) is 4.79 Å². The van der Waals surface area contributed by atoms with Crippen LogP contribution in [0.3, 0.4) is 0 Å². The molecule has 1 aromatic heterocycles. The van der Waals surface area contributed by atoms with Crippen molar-refractivity contribution < 1.29 is 19.1 Å². The molecule has 4 rings (SSSR count). The molecule has 1 heterocycles. The van der Waals surface area contributed by atoms with Crippen LogP contribution in [0.2, 0.25) is 5.02 Å². The molecule has 1 aliphatic carbocycles. The monoisotopic (exact) mass is 463 g/mol. The highest BCUT2D eigenvalue weighted by molar-refractivity contribution is 6.33. The molecule has 0 atom stereocenters. The summed E-state index contributed by atoms with van der Waals surface area (Å²) in [6, 6.07) is 10.3. The number of nitrogens with zero attached hydrogens (tertiary/aromatic N) is 1. The van der Waals surface area contributed by atoms with E-state index < -0.39 is 0 Å². The number of fused-ring (bicyclic) bond motifs is 1. The number of carbonyl (C=O) groups excluding carboxylic acids is 2. The lowest BCUT2D eigenvalue weighted by Gasteiger charge is -2.27. The van der Waals surface area contributed by atoms with E-state index in [1.165, 1.54) is 7.11 Å². The molecule has 0 unspecified atom stereocenters. The maximum atomic E-state index is 12.1. The van der Waals surface area contributed by atoms with Crippen LogP contribution in [0.15, 0.2) is 66.1 Å². The minimum Gasteiger partial charge on any atom is -0.496 e. The van der Waals surface area contributed by atoms with E-state index in [0.717, 1.165) is 12.7 Å². The smallest absolute Gasteiger partial charge is 0.212 e. The zero-order valence-electron chi connectivity index (χ0n) is 18.2. The van der Waals surface area contributed by atoms with Gasteiger partial charge in [-0.2, -0.15) is 0 Å². The van der Waals surface area contributed by atoms with E-state index in [1.807, 2.05) is 6.92 Å². The second-order valence-electron chi connectivity index (χ2n) is 7.39. The lowest BCUT2D eigenvalue weighted by atomic mass is 9.92. The third-order valence-corrected chi connectivity index (χ3v) is 5.53. The van der Waals surface area contributed by atoms with Gasteiger partial charge in [-0.3, -0.25) is 14.6 Å². The lowest BCUT2D eigenvalue weighted by Crippen LogP contribution is -2.35. The highest BCUT2D eigenvalue weighted by atomic mass is 35.5. The molecule has 0 saturated carbocycles. The van der Waals surface area contributed by atoms with E-state index >= 15 is 0 Å². The Bertz CT molecular complexity index is 1320. The minimum absolute atomic E-state index is 0.0992. The first-order valence-corrected chi connectivity index (χ1v) is 10.7. The van der Waals surface area contributed by atoms with E-state index in [9.17, 15) is 9.59 Å². The molecule has 2 aromatic carbocycles. The van der Waals surface area contributed by atoms with Crippen LogP contribution in [0.5, 0.6) is 17.2 Å². The van der Waals surface area contributed by atoms with E-state index in [-0.39, 0.29) is 5.78 Å². The van der Waals surface area contributed by atoms with Gasteiger partial charge in [0.25, 0.3) is 0 Å². The number of aromatic nitrogens is 1. The molecule has 1 aliphatic rings. The number of halogens is 1. The second-order valence-corrected chi connectivity index (χ2v) is 7.80. The summed E-state index contributed by atoms with van der Waals surface area (Å²) in [5.41, 5.74) is 3.22. The SMILES string of the molecule is C=C1C(=O)C(NCCC)=C1Nc1ccc(Oc2ccnc3cc(OC)c(C=O)cc23)cc1Cl. The molecule has 168 valence electrons. The number of allylic oxidation sites excluding steroid dienone is 2. The van der Waals surface area contributed by atoms with Crippen molar-refractivity contribution in [1.29, 1.82) is 0 Å². The molecule has 0 bridgehead atoms. The fourth-order valence-corrected chi connectivity index (χ4v) is 3.69. The average Bonchev–Trinajstić information content (AvgIpc) is 2.83. The van der Waals surface area contributed by atoms with E-state index in [4.69, 9.17) is 21.1 Å². The number of rotatable bonds is 9. The molecule has 3 aromatic rings. The summed E-state index contributed by atoms with van der Waals surface area (Å²) < 4.78 is 11.3. The molecule has 8 heteroatoms. The first kappa shape index (κ1) is 22.4. The summed E-state index contributed by atoms with van der Waals surface area (Å²) >= 11 is 6.49. The van der Waals surface area contributed by atoms with Gasteiger partial charge in [-0.15, -0.1) is 0 Å². The van der Waals surface area contributed by atoms with Gasteiger partial charge in [0.2, 0.25) is 5.78 Å². The summed E-state index contributed by atoms with van der Waals surface area (Å²) in [6.07, 6.45) is 3.24. The van der Waals surface area contributed by atoms with Gasteiger partial charge in [-0.1, -0.05) is 25.1 Å². The zero-order valence-corrected chi connectivity index (χ0v) is 19.0. The van der Waals surface area contributed by atoms with Crippen LogP contribution < -0.4 is 20.1 Å². The number of anilines is 1. The van der Waals surface area contributed by atoms with Crippen LogP contribution in [-0.4, -0.2) is 30.7 Å². The number of ether oxygens (including phenoxy) is 2. The normalized spacial score (nSPS) is 13.1. The van der Waals surface area contributed by atoms with Gasteiger partial charge in [-0.05, 0) is 30.7 Å². The largest absolute Gasteiger partial charge is 0.496 e. The van der Waals surface area contributed by atoms with E-state index in [0.29, 0.717) is 67.9 Å². The number of ketones is 1. The van der Waals surface area contributed by atoms with Gasteiger partial charge in [-0.25, -0.2) is 0 Å². The van der Waals surface area contributed by atoms with Crippen molar-refractivity contribution in [2.75, 3.05) is 19.0 Å². The Balaban J connectivity index is 1.60. The molecule has 0 spiro atoms. The lowest BCUT2D eigenvalue weighted by molar-refractivity contribution is -0.113. The Labute approximate surface area is 196 Å². The molecule has 2 N–H and O–H groups in total. The van der Waals surface area contributed by atoms with Crippen molar-refractivity contribution in [3.8, 4) is 17.2 Å². The van der Waals surface area contributed by atoms with Crippen molar-refractivity contribution in [2.24, 2.45) is 0 Å². The Kier molecular flexibility index (Phi) is 6.33. The highest BCUT2D eigenvalue weighted by Gasteiger charge is 2.32. The molecular weight excluding hydrogens is 442 g/mol. The Morgan fingerprint density at radius 3 is 2.67 bits per heavy atom. The maximum absolute atomic E-state index is 12.1. The fraction of sp³-hybridized carbons (Fsp3) is 0.160. The van der Waals surface area contributed by atoms with Crippen molar-refractivity contribution >= 4 is 40.3 Å². The van der Waals surface area contributed by atoms with Crippen molar-refractivity contribution in [2.45, 2.75) is 13.3 Å². The number of nitrogens with one attached hydrogen (secondary N) is 2. The molecule has 0 saturated heterocycles. The summed E-state index contributed by atoms with van der Waals surface area (Å²) in [6.45, 7) is 6.53. The summed E-state index contributed by atoms with van der Waals surface area (Å²) in [5, 5.41) is 7.38. The summed E-state index contributed by atoms with van der Waals surface area (Å²) in [7, 11) is 1.50. The number of Topliss-reactive ketones (excluding diaryl/α,β-unsaturated/α-hetero) is 1. The van der Waals surface area contributed by atoms with Gasteiger partial charge in [0.1, 0.15) is 22.9 Å². The highest BCUT2D eigenvalue weighted by Crippen LogP contribution is 2.36. The molecular formula is C25H22ClN3O4. The van der Waals surface area contributed by atoms with Gasteiger partial charge >= 0.3 is 0 Å². The summed E-state index contributed by atoms with van der Waals surface area (Å²) in [4.78, 5) is 27.8. The van der Waals surface area contributed by atoms with E-state index in [1.54, 1.807) is 42.6 Å². The van der Waals surface area contributed by atoms with Crippen LogP contribution in [0.1, 0.15) is 23.7 Å². The predicted octanol–water partition coefficient (Wildman–Crippen LogP) is 5.26. The predicted molar refractivity (Wildman–Crippen MR) is 128 cm³/mol. The molecule has 0 fully saturated rings. The van der Waals surface area contributed by atoms with Gasteiger partial charge in [0.15, 0.2) is 6.29 Å². The maximum Gasteiger partial charge on any atom is 0.212 e. The summed E-state index contributed by atoms with van der Waals surface area (Å²) in [5.74, 6) is 1.37. The first-order valence-electron chi connectivity index (χ1n) is 10.3. The van der Waals surface area contributed by atoms with Crippen LogP contribution in [0.4, 0.5) is 5.69 Å². The zero-order chi connectivity index (χ0) is 23.5. The van der Waals surface area contributed by atoms with Crippen molar-refractivity contribution in [3.63, 3.8) is 0 Å². The number of pyridine rings is 1. The number of hydrogen-bond donors (Lipinski definition) is 2. The van der Waals surface area contributed by atoms with Gasteiger partial charge < -0.3 is 20.1 Å². The Morgan fingerprint density at radius 2 is 1.97 bits per heavy atom. The molecule has 33 heavy (non-hydrogen) atoms. The van der Waals surface area contributed by atoms with Crippen molar-refractivity contribution in [1.82, 2.24) is 10.3 Å². The molecule has 0 amide bonds. The minimum atomic E-state index is -0.0992. The standard InChI is InChI=1S/C25H22ClN3O4/c1-4-8-28-24-23(14(2)25(24)31)29-19-6-5-16(11-18(19)26)33-21-7-9-27-20-12-22(32-3)15(13-30)10-17(20)21/h5-7,9-13,28-29H,2,4,8H2,1,3H3. The molecule has 0 radical (unpaired) electrons. The average molecular weight is 464 g/mol. The Morgan fingerprint density at radius 1 is 1.15 bits per heavy atom. The molecule has 7 nitrogen and oxygen atoms in total. The van der Waals surface area contributed by atoms with Crippen LogP contribution in [0, 0.1) is 0 Å². The topological polar surface area (TPSA) is 89.6 Å².